The van der Waals surface area contributed by atoms with Crippen LogP contribution in [0.25, 0.3) is 0 Å². The second-order valence-electron chi connectivity index (χ2n) is 5.66. The van der Waals surface area contributed by atoms with Crippen molar-refractivity contribution in [3.8, 4) is 5.75 Å². The van der Waals surface area contributed by atoms with Crippen molar-refractivity contribution in [1.29, 1.82) is 0 Å². The zero-order valence-corrected chi connectivity index (χ0v) is 16.1. The number of likely N-dealkylation sites (N-methyl/N-ethyl adjacent to an activating group) is 1. The first-order chi connectivity index (χ1) is 12.4. The molecule has 138 valence electrons. The van der Waals surface area contributed by atoms with Gasteiger partial charge in [-0.25, -0.2) is 4.39 Å². The fraction of sp³-hybridized carbons (Fsp3) is 0.263. The molecule has 0 aromatic heterocycles. The lowest BCUT2D eigenvalue weighted by molar-refractivity contribution is -0.142. The zero-order chi connectivity index (χ0) is 19.1. The standard InChI is InChI=1S/C19H20BrFN2O3/c1-13(19(25)22-2)23(11-14-6-5-7-15(20)10-14)18(24)12-26-17-9-4-3-8-16(17)21/h3-10,13H,11-12H2,1-2H3,(H,22,25)/t13-/m1/s1. The smallest absolute Gasteiger partial charge is 0.261 e. The van der Waals surface area contributed by atoms with E-state index in [4.69, 9.17) is 4.74 Å². The quantitative estimate of drug-likeness (QED) is 0.745. The predicted octanol–water partition coefficient (Wildman–Crippen LogP) is 3.13. The Bertz CT molecular complexity index is 785. The van der Waals surface area contributed by atoms with Crippen LogP contribution in [-0.2, 0) is 16.1 Å². The van der Waals surface area contributed by atoms with E-state index in [2.05, 4.69) is 21.2 Å². The predicted molar refractivity (Wildman–Crippen MR) is 100 cm³/mol. The topological polar surface area (TPSA) is 58.6 Å². The normalized spacial score (nSPS) is 11.5. The number of ether oxygens (including phenoxy) is 1. The summed E-state index contributed by atoms with van der Waals surface area (Å²) in [5.41, 5.74) is 0.856. The summed E-state index contributed by atoms with van der Waals surface area (Å²) in [5.74, 6) is -1.25. The Balaban J connectivity index is 2.15. The molecule has 0 saturated carbocycles. The number of carbonyl (C=O) groups excluding carboxylic acids is 2. The lowest BCUT2D eigenvalue weighted by Gasteiger charge is -2.28. The number of carbonyl (C=O) groups is 2. The molecule has 0 unspecified atom stereocenters. The number of para-hydroxylation sites is 1. The maximum atomic E-state index is 13.7. The fourth-order valence-corrected chi connectivity index (χ4v) is 2.85. The molecule has 1 atom stereocenters. The fourth-order valence-electron chi connectivity index (χ4n) is 2.41. The minimum absolute atomic E-state index is 0.00384. The van der Waals surface area contributed by atoms with E-state index in [1.807, 2.05) is 24.3 Å². The van der Waals surface area contributed by atoms with E-state index in [0.717, 1.165) is 10.0 Å². The monoisotopic (exact) mass is 422 g/mol. The first-order valence-electron chi connectivity index (χ1n) is 8.05. The lowest BCUT2D eigenvalue weighted by Crippen LogP contribution is -2.48. The minimum atomic E-state index is -0.698. The SMILES string of the molecule is CNC(=O)[C@@H](C)N(Cc1cccc(Br)c1)C(=O)COc1ccccc1F. The van der Waals surface area contributed by atoms with E-state index >= 15 is 0 Å². The number of benzene rings is 2. The largest absolute Gasteiger partial charge is 0.481 e. The van der Waals surface area contributed by atoms with Crippen molar-refractivity contribution < 1.29 is 18.7 Å². The van der Waals surface area contributed by atoms with Crippen molar-refractivity contribution in [2.75, 3.05) is 13.7 Å². The van der Waals surface area contributed by atoms with Gasteiger partial charge < -0.3 is 15.0 Å². The van der Waals surface area contributed by atoms with Gasteiger partial charge in [0.1, 0.15) is 6.04 Å². The summed E-state index contributed by atoms with van der Waals surface area (Å²) in [4.78, 5) is 26.1. The van der Waals surface area contributed by atoms with Gasteiger partial charge in [0, 0.05) is 18.1 Å². The highest BCUT2D eigenvalue weighted by Gasteiger charge is 2.26. The molecule has 0 fully saturated rings. The van der Waals surface area contributed by atoms with E-state index in [1.54, 1.807) is 13.0 Å². The Morgan fingerprint density at radius 3 is 2.62 bits per heavy atom. The van der Waals surface area contributed by atoms with Crippen LogP contribution in [0.3, 0.4) is 0 Å². The summed E-state index contributed by atoms with van der Waals surface area (Å²) in [6.07, 6.45) is 0. The van der Waals surface area contributed by atoms with Crippen molar-refractivity contribution in [2.24, 2.45) is 0 Å². The Kier molecular flexibility index (Phi) is 7.15. The molecule has 2 aromatic rings. The summed E-state index contributed by atoms with van der Waals surface area (Å²) < 4.78 is 19.8. The minimum Gasteiger partial charge on any atom is -0.481 e. The van der Waals surface area contributed by atoms with Gasteiger partial charge in [0.2, 0.25) is 5.91 Å². The van der Waals surface area contributed by atoms with Crippen LogP contribution < -0.4 is 10.1 Å². The summed E-state index contributed by atoms with van der Waals surface area (Å²) in [7, 11) is 1.51. The van der Waals surface area contributed by atoms with Crippen LogP contribution in [0.15, 0.2) is 53.0 Å². The van der Waals surface area contributed by atoms with E-state index in [0.29, 0.717) is 0 Å². The van der Waals surface area contributed by atoms with Crippen LogP contribution >= 0.6 is 15.9 Å². The molecule has 0 saturated heterocycles. The van der Waals surface area contributed by atoms with Gasteiger partial charge in [-0.2, -0.15) is 0 Å². The third-order valence-corrected chi connectivity index (χ3v) is 4.34. The van der Waals surface area contributed by atoms with Crippen LogP contribution in [-0.4, -0.2) is 36.4 Å². The van der Waals surface area contributed by atoms with Crippen LogP contribution in [0.5, 0.6) is 5.75 Å². The van der Waals surface area contributed by atoms with Crippen LogP contribution in [0.2, 0.25) is 0 Å². The van der Waals surface area contributed by atoms with Gasteiger partial charge in [-0.15, -0.1) is 0 Å². The second kappa shape index (κ2) is 9.33. The van der Waals surface area contributed by atoms with Gasteiger partial charge in [-0.3, -0.25) is 9.59 Å². The summed E-state index contributed by atoms with van der Waals surface area (Å²) in [6.45, 7) is 1.50. The highest BCUT2D eigenvalue weighted by Crippen LogP contribution is 2.17. The van der Waals surface area contributed by atoms with Crippen LogP contribution in [0, 0.1) is 5.82 Å². The number of halogens is 2. The molecular formula is C19H20BrFN2O3. The Morgan fingerprint density at radius 1 is 1.23 bits per heavy atom. The molecule has 0 spiro atoms. The molecule has 1 N–H and O–H groups in total. The number of hydrogen-bond donors (Lipinski definition) is 1. The Labute approximate surface area is 160 Å². The summed E-state index contributed by atoms with van der Waals surface area (Å²) in [6, 6.07) is 12.6. The molecule has 26 heavy (non-hydrogen) atoms. The van der Waals surface area contributed by atoms with E-state index in [-0.39, 0.29) is 24.8 Å². The Morgan fingerprint density at radius 2 is 1.96 bits per heavy atom. The number of hydrogen-bond acceptors (Lipinski definition) is 3. The van der Waals surface area contributed by atoms with Gasteiger partial charge in [0.25, 0.3) is 5.91 Å². The number of rotatable bonds is 7. The third kappa shape index (κ3) is 5.29. The summed E-state index contributed by atoms with van der Waals surface area (Å²) >= 11 is 3.39. The molecule has 0 aliphatic heterocycles. The lowest BCUT2D eigenvalue weighted by atomic mass is 10.1. The van der Waals surface area contributed by atoms with Crippen molar-refractivity contribution in [3.63, 3.8) is 0 Å². The molecule has 0 bridgehead atoms. The van der Waals surface area contributed by atoms with Crippen molar-refractivity contribution in [3.05, 3.63) is 64.4 Å². The van der Waals surface area contributed by atoms with Crippen molar-refractivity contribution in [2.45, 2.75) is 19.5 Å². The highest BCUT2D eigenvalue weighted by molar-refractivity contribution is 9.10. The summed E-state index contributed by atoms with van der Waals surface area (Å²) in [5, 5.41) is 2.54. The molecule has 2 aromatic carbocycles. The Hall–Kier alpha value is -2.41. The maximum Gasteiger partial charge on any atom is 0.261 e. The average molecular weight is 423 g/mol. The van der Waals surface area contributed by atoms with E-state index in [1.165, 1.54) is 30.1 Å². The molecule has 2 amide bonds. The third-order valence-electron chi connectivity index (χ3n) is 3.84. The molecule has 0 heterocycles. The first kappa shape index (κ1) is 19.9. The number of nitrogens with zero attached hydrogens (tertiary/aromatic N) is 1. The van der Waals surface area contributed by atoms with Gasteiger partial charge in [-0.1, -0.05) is 40.2 Å². The maximum absolute atomic E-state index is 13.7. The van der Waals surface area contributed by atoms with Crippen LogP contribution in [0.4, 0.5) is 4.39 Å². The van der Waals surface area contributed by atoms with E-state index in [9.17, 15) is 14.0 Å². The highest BCUT2D eigenvalue weighted by atomic mass is 79.9. The molecule has 5 nitrogen and oxygen atoms in total. The molecular weight excluding hydrogens is 403 g/mol. The van der Waals surface area contributed by atoms with Gasteiger partial charge in [0.05, 0.1) is 0 Å². The molecule has 0 aliphatic carbocycles. The van der Waals surface area contributed by atoms with Gasteiger partial charge in [0.15, 0.2) is 18.2 Å². The zero-order valence-electron chi connectivity index (χ0n) is 14.5. The molecule has 0 aliphatic rings. The van der Waals surface area contributed by atoms with Crippen molar-refractivity contribution >= 4 is 27.7 Å². The van der Waals surface area contributed by atoms with Gasteiger partial charge >= 0.3 is 0 Å². The second-order valence-corrected chi connectivity index (χ2v) is 6.58. The molecule has 0 radical (unpaired) electrons. The first-order valence-corrected chi connectivity index (χ1v) is 8.84. The molecule has 7 heteroatoms. The molecule has 2 rings (SSSR count). The number of amides is 2. The van der Waals surface area contributed by atoms with Crippen molar-refractivity contribution in [1.82, 2.24) is 10.2 Å². The van der Waals surface area contributed by atoms with Crippen LogP contribution in [0.1, 0.15) is 12.5 Å². The average Bonchev–Trinajstić information content (AvgIpc) is 2.64. The van der Waals surface area contributed by atoms with Gasteiger partial charge in [-0.05, 0) is 36.8 Å². The van der Waals surface area contributed by atoms with E-state index < -0.39 is 17.8 Å². The number of nitrogens with one attached hydrogen (secondary N) is 1.